The third kappa shape index (κ3) is 2.35. The average Bonchev–Trinajstić information content (AvgIpc) is 2.68. The SMILES string of the molecule is C[C@@H]1CCCCN1CC(=O)N1CCNC1=O. The van der Waals surface area contributed by atoms with Gasteiger partial charge in [0, 0.05) is 19.1 Å². The summed E-state index contributed by atoms with van der Waals surface area (Å²) in [6, 6.07) is 0.220. The molecular weight excluding hydrogens is 206 g/mol. The first-order valence-electron chi connectivity index (χ1n) is 6.01. The minimum Gasteiger partial charge on any atom is -0.336 e. The van der Waals surface area contributed by atoms with E-state index in [2.05, 4.69) is 17.1 Å². The third-order valence-corrected chi connectivity index (χ3v) is 3.44. The summed E-state index contributed by atoms with van der Waals surface area (Å²) >= 11 is 0. The molecule has 2 fully saturated rings. The molecular formula is C11H19N3O2. The number of carbonyl (C=O) groups excluding carboxylic acids is 2. The average molecular weight is 225 g/mol. The fourth-order valence-electron chi connectivity index (χ4n) is 2.36. The normalized spacial score (nSPS) is 26.9. The van der Waals surface area contributed by atoms with E-state index in [0.717, 1.165) is 19.4 Å². The molecule has 2 saturated heterocycles. The molecule has 3 amide bonds. The first-order chi connectivity index (χ1) is 7.68. The van der Waals surface area contributed by atoms with Gasteiger partial charge >= 0.3 is 6.03 Å². The minimum absolute atomic E-state index is 0.0660. The van der Waals surface area contributed by atoms with Crippen LogP contribution in [0.5, 0.6) is 0 Å². The highest BCUT2D eigenvalue weighted by Gasteiger charge is 2.29. The number of amides is 3. The van der Waals surface area contributed by atoms with Crippen LogP contribution in [0.1, 0.15) is 26.2 Å². The second-order valence-electron chi connectivity index (χ2n) is 4.59. The van der Waals surface area contributed by atoms with Gasteiger partial charge in [-0.25, -0.2) is 4.79 Å². The number of likely N-dealkylation sites (tertiary alicyclic amines) is 1. The minimum atomic E-state index is -0.241. The lowest BCUT2D eigenvalue weighted by Gasteiger charge is -2.33. The molecule has 90 valence electrons. The molecule has 0 aliphatic carbocycles. The van der Waals surface area contributed by atoms with E-state index < -0.39 is 0 Å². The topological polar surface area (TPSA) is 52.7 Å². The molecule has 5 heteroatoms. The van der Waals surface area contributed by atoms with Crippen molar-refractivity contribution in [1.82, 2.24) is 15.1 Å². The lowest BCUT2D eigenvalue weighted by atomic mass is 10.0. The Labute approximate surface area is 95.8 Å². The van der Waals surface area contributed by atoms with Crippen molar-refractivity contribution in [3.05, 3.63) is 0 Å². The van der Waals surface area contributed by atoms with Crippen molar-refractivity contribution in [2.45, 2.75) is 32.2 Å². The van der Waals surface area contributed by atoms with Crippen molar-refractivity contribution in [2.75, 3.05) is 26.2 Å². The van der Waals surface area contributed by atoms with Gasteiger partial charge in [-0.1, -0.05) is 6.42 Å². The maximum atomic E-state index is 11.9. The van der Waals surface area contributed by atoms with Crippen LogP contribution in [0.25, 0.3) is 0 Å². The number of piperidine rings is 1. The summed E-state index contributed by atoms with van der Waals surface area (Å²) < 4.78 is 0. The van der Waals surface area contributed by atoms with Crippen LogP contribution in [0, 0.1) is 0 Å². The Balaban J connectivity index is 1.88. The predicted octanol–water partition coefficient (Wildman–Crippen LogP) is 0.413. The first-order valence-corrected chi connectivity index (χ1v) is 6.01. The zero-order valence-corrected chi connectivity index (χ0v) is 9.74. The van der Waals surface area contributed by atoms with Crippen LogP contribution in [-0.4, -0.2) is 54.0 Å². The van der Waals surface area contributed by atoms with Gasteiger partial charge < -0.3 is 5.32 Å². The quantitative estimate of drug-likeness (QED) is 0.740. The van der Waals surface area contributed by atoms with Gasteiger partial charge in [0.05, 0.1) is 6.54 Å². The van der Waals surface area contributed by atoms with Crippen LogP contribution in [0.3, 0.4) is 0 Å². The van der Waals surface area contributed by atoms with Gasteiger partial charge in [-0.2, -0.15) is 0 Å². The van der Waals surface area contributed by atoms with Gasteiger partial charge in [-0.3, -0.25) is 14.6 Å². The number of urea groups is 1. The zero-order chi connectivity index (χ0) is 11.5. The van der Waals surface area contributed by atoms with Crippen LogP contribution in [0.2, 0.25) is 0 Å². The summed E-state index contributed by atoms with van der Waals surface area (Å²) in [5, 5.41) is 2.65. The van der Waals surface area contributed by atoms with Crippen molar-refractivity contribution in [3.8, 4) is 0 Å². The number of imide groups is 1. The van der Waals surface area contributed by atoms with E-state index in [-0.39, 0.29) is 11.9 Å². The molecule has 0 aromatic rings. The van der Waals surface area contributed by atoms with Crippen LogP contribution in [-0.2, 0) is 4.79 Å². The van der Waals surface area contributed by atoms with E-state index in [4.69, 9.17) is 0 Å². The molecule has 0 aromatic carbocycles. The summed E-state index contributed by atoms with van der Waals surface area (Å²) in [6.45, 7) is 4.60. The van der Waals surface area contributed by atoms with E-state index in [9.17, 15) is 9.59 Å². The standard InChI is InChI=1S/C11H19N3O2/c1-9-4-2-3-6-13(9)8-10(15)14-7-5-12-11(14)16/h9H,2-8H2,1H3,(H,12,16)/t9-/m1/s1. The van der Waals surface area contributed by atoms with Gasteiger partial charge in [-0.15, -0.1) is 0 Å². The summed E-state index contributed by atoms with van der Waals surface area (Å²) in [5.41, 5.74) is 0. The highest BCUT2D eigenvalue weighted by atomic mass is 16.2. The van der Waals surface area contributed by atoms with E-state index >= 15 is 0 Å². The molecule has 2 rings (SSSR count). The molecule has 1 atom stereocenters. The van der Waals surface area contributed by atoms with Crippen LogP contribution in [0.4, 0.5) is 4.79 Å². The Morgan fingerprint density at radius 1 is 1.44 bits per heavy atom. The highest BCUT2D eigenvalue weighted by molar-refractivity contribution is 5.96. The van der Waals surface area contributed by atoms with E-state index in [1.54, 1.807) is 0 Å². The number of hydrogen-bond acceptors (Lipinski definition) is 3. The van der Waals surface area contributed by atoms with E-state index in [1.165, 1.54) is 11.3 Å². The number of hydrogen-bond donors (Lipinski definition) is 1. The molecule has 2 aliphatic heterocycles. The van der Waals surface area contributed by atoms with Crippen molar-refractivity contribution in [3.63, 3.8) is 0 Å². The second kappa shape index (κ2) is 4.82. The summed E-state index contributed by atoms with van der Waals surface area (Å²) in [5.74, 6) is -0.0660. The molecule has 0 spiro atoms. The number of nitrogens with one attached hydrogen (secondary N) is 1. The summed E-state index contributed by atoms with van der Waals surface area (Å²) in [4.78, 5) is 26.7. The number of carbonyl (C=O) groups is 2. The Morgan fingerprint density at radius 3 is 2.88 bits per heavy atom. The second-order valence-corrected chi connectivity index (χ2v) is 4.59. The Kier molecular flexibility index (Phi) is 3.43. The Bertz CT molecular complexity index is 293. The van der Waals surface area contributed by atoms with Gasteiger partial charge in [0.15, 0.2) is 0 Å². The molecule has 0 bridgehead atoms. The van der Waals surface area contributed by atoms with Crippen molar-refractivity contribution < 1.29 is 9.59 Å². The molecule has 0 unspecified atom stereocenters. The lowest BCUT2D eigenvalue weighted by Crippen LogP contribution is -2.46. The largest absolute Gasteiger partial charge is 0.336 e. The molecule has 16 heavy (non-hydrogen) atoms. The van der Waals surface area contributed by atoms with Gasteiger partial charge in [0.1, 0.15) is 0 Å². The van der Waals surface area contributed by atoms with Crippen molar-refractivity contribution >= 4 is 11.9 Å². The Morgan fingerprint density at radius 2 is 2.25 bits per heavy atom. The zero-order valence-electron chi connectivity index (χ0n) is 9.74. The number of rotatable bonds is 2. The van der Waals surface area contributed by atoms with Gasteiger partial charge in [0.2, 0.25) is 5.91 Å². The smallest absolute Gasteiger partial charge is 0.324 e. The Hall–Kier alpha value is -1.10. The summed E-state index contributed by atoms with van der Waals surface area (Å²) in [7, 11) is 0. The lowest BCUT2D eigenvalue weighted by molar-refractivity contribution is -0.129. The fraction of sp³-hybridized carbons (Fsp3) is 0.818. The first kappa shape index (κ1) is 11.4. The highest BCUT2D eigenvalue weighted by Crippen LogP contribution is 2.16. The van der Waals surface area contributed by atoms with Gasteiger partial charge in [0.25, 0.3) is 0 Å². The molecule has 0 saturated carbocycles. The maximum Gasteiger partial charge on any atom is 0.324 e. The molecule has 0 aromatic heterocycles. The van der Waals surface area contributed by atoms with E-state index in [0.29, 0.717) is 25.7 Å². The molecule has 1 N–H and O–H groups in total. The number of nitrogens with zero attached hydrogens (tertiary/aromatic N) is 2. The van der Waals surface area contributed by atoms with Crippen LogP contribution >= 0.6 is 0 Å². The third-order valence-electron chi connectivity index (χ3n) is 3.44. The summed E-state index contributed by atoms with van der Waals surface area (Å²) in [6.07, 6.45) is 3.55. The monoisotopic (exact) mass is 225 g/mol. The molecule has 2 heterocycles. The van der Waals surface area contributed by atoms with E-state index in [1.807, 2.05) is 0 Å². The molecule has 2 aliphatic rings. The fourth-order valence-corrected chi connectivity index (χ4v) is 2.36. The molecule has 5 nitrogen and oxygen atoms in total. The van der Waals surface area contributed by atoms with Crippen molar-refractivity contribution in [2.24, 2.45) is 0 Å². The molecule has 0 radical (unpaired) electrons. The van der Waals surface area contributed by atoms with Crippen LogP contribution in [0.15, 0.2) is 0 Å². The van der Waals surface area contributed by atoms with Crippen LogP contribution < -0.4 is 5.32 Å². The predicted molar refractivity (Wildman–Crippen MR) is 60.0 cm³/mol. The van der Waals surface area contributed by atoms with Crippen molar-refractivity contribution in [1.29, 1.82) is 0 Å². The maximum absolute atomic E-state index is 11.9. The van der Waals surface area contributed by atoms with Gasteiger partial charge in [-0.05, 0) is 26.3 Å².